The topological polar surface area (TPSA) is 125 Å². The Balaban J connectivity index is 1.24. The Morgan fingerprint density at radius 1 is 1.08 bits per heavy atom. The monoisotopic (exact) mass is 535 g/mol. The second-order valence-electron chi connectivity index (χ2n) is 9.79. The summed E-state index contributed by atoms with van der Waals surface area (Å²) in [7, 11) is 1.34. The number of methoxy groups -OCH3 is 1. The first kappa shape index (κ1) is 28.0. The molecule has 0 bridgehead atoms. The Hall–Kier alpha value is -3.99. The first-order valence-electron chi connectivity index (χ1n) is 13.4. The van der Waals surface area contributed by atoms with Crippen LogP contribution in [0.3, 0.4) is 0 Å². The Labute approximate surface area is 227 Å². The molecule has 1 aromatic carbocycles. The number of aryl methyl sites for hydroxylation is 3. The minimum atomic E-state index is -0.437. The van der Waals surface area contributed by atoms with Crippen molar-refractivity contribution in [3.8, 4) is 0 Å². The molecule has 1 aliphatic heterocycles. The number of nitrogens with one attached hydrogen (secondary N) is 2. The van der Waals surface area contributed by atoms with Gasteiger partial charge in [-0.15, -0.1) is 0 Å². The lowest BCUT2D eigenvalue weighted by Gasteiger charge is -2.34. The number of aromatic nitrogens is 4. The van der Waals surface area contributed by atoms with Gasteiger partial charge < -0.3 is 15.0 Å². The maximum Gasteiger partial charge on any atom is 0.341 e. The zero-order valence-electron chi connectivity index (χ0n) is 23.1. The Morgan fingerprint density at radius 3 is 2.49 bits per heavy atom. The SMILES string of the molecule is CCc1cc(Nc2cc(=O)n(CCCCN3CCN(c4ncc(C(=O)OC)c(C)n4)CC3)c(=O)[nH]2)ccc1C. The van der Waals surface area contributed by atoms with Crippen molar-refractivity contribution < 1.29 is 9.53 Å². The first-order valence-corrected chi connectivity index (χ1v) is 13.4. The lowest BCUT2D eigenvalue weighted by Crippen LogP contribution is -2.47. The molecule has 1 aliphatic rings. The fourth-order valence-electron chi connectivity index (χ4n) is 4.78. The summed E-state index contributed by atoms with van der Waals surface area (Å²) in [6, 6.07) is 7.44. The van der Waals surface area contributed by atoms with Gasteiger partial charge >= 0.3 is 11.7 Å². The number of anilines is 3. The Kier molecular flexibility index (Phi) is 9.13. The van der Waals surface area contributed by atoms with Crippen molar-refractivity contribution in [2.24, 2.45) is 0 Å². The zero-order valence-corrected chi connectivity index (χ0v) is 23.1. The molecule has 11 nitrogen and oxygen atoms in total. The van der Waals surface area contributed by atoms with Crippen molar-refractivity contribution in [1.82, 2.24) is 24.4 Å². The number of esters is 1. The molecule has 3 aromatic rings. The molecule has 1 saturated heterocycles. The average molecular weight is 536 g/mol. The van der Waals surface area contributed by atoms with E-state index in [2.05, 4.69) is 43.9 Å². The van der Waals surface area contributed by atoms with Crippen LogP contribution in [0.4, 0.5) is 17.5 Å². The molecule has 0 radical (unpaired) electrons. The second kappa shape index (κ2) is 12.7. The Bertz CT molecular complexity index is 1390. The van der Waals surface area contributed by atoms with Crippen molar-refractivity contribution in [2.45, 2.75) is 46.6 Å². The van der Waals surface area contributed by atoms with Crippen LogP contribution in [0.15, 0.2) is 40.1 Å². The van der Waals surface area contributed by atoms with E-state index in [0.29, 0.717) is 29.6 Å². The molecule has 0 amide bonds. The summed E-state index contributed by atoms with van der Waals surface area (Å²) in [6.45, 7) is 10.5. The number of nitrogens with zero attached hydrogens (tertiary/aromatic N) is 5. The molecular weight excluding hydrogens is 498 g/mol. The van der Waals surface area contributed by atoms with E-state index in [1.54, 1.807) is 6.92 Å². The van der Waals surface area contributed by atoms with Crippen LogP contribution in [-0.4, -0.2) is 70.2 Å². The highest BCUT2D eigenvalue weighted by molar-refractivity contribution is 5.90. The molecule has 1 fully saturated rings. The number of ether oxygens (including phenoxy) is 1. The van der Waals surface area contributed by atoms with Gasteiger partial charge in [0.05, 0.1) is 18.4 Å². The van der Waals surface area contributed by atoms with E-state index in [1.165, 1.54) is 35.1 Å². The third-order valence-electron chi connectivity index (χ3n) is 7.16. The molecule has 3 heterocycles. The predicted octanol–water partition coefficient (Wildman–Crippen LogP) is 2.64. The van der Waals surface area contributed by atoms with Crippen molar-refractivity contribution in [3.05, 3.63) is 73.7 Å². The molecule has 4 rings (SSSR count). The molecule has 0 aliphatic carbocycles. The van der Waals surface area contributed by atoms with Gasteiger partial charge in [-0.1, -0.05) is 13.0 Å². The van der Waals surface area contributed by atoms with Gasteiger partial charge in [-0.3, -0.25) is 19.2 Å². The maximum atomic E-state index is 12.6. The van der Waals surface area contributed by atoms with Gasteiger partial charge in [-0.2, -0.15) is 0 Å². The van der Waals surface area contributed by atoms with Crippen LogP contribution >= 0.6 is 0 Å². The van der Waals surface area contributed by atoms with E-state index < -0.39 is 11.7 Å². The molecule has 0 atom stereocenters. The van der Waals surface area contributed by atoms with Crippen LogP contribution in [-0.2, 0) is 17.7 Å². The standard InChI is InChI=1S/C28H37N7O4/c1-5-21-16-22(9-8-19(21)2)31-24-17-25(36)35(28(38)32-24)11-7-6-10-33-12-14-34(15-13-33)27-29-18-23(20(3)30-27)26(37)39-4/h8-9,16-18,31H,5-7,10-15H2,1-4H3,(H,32,38). The summed E-state index contributed by atoms with van der Waals surface area (Å²) >= 11 is 0. The van der Waals surface area contributed by atoms with E-state index in [0.717, 1.165) is 57.7 Å². The van der Waals surface area contributed by atoms with Gasteiger partial charge in [0.1, 0.15) is 5.82 Å². The molecule has 11 heteroatoms. The molecule has 0 saturated carbocycles. The highest BCUT2D eigenvalue weighted by Gasteiger charge is 2.20. The third-order valence-corrected chi connectivity index (χ3v) is 7.16. The number of rotatable bonds is 10. The summed E-state index contributed by atoms with van der Waals surface area (Å²) in [5, 5.41) is 3.14. The molecule has 2 N–H and O–H groups in total. The minimum Gasteiger partial charge on any atom is -0.465 e. The highest BCUT2D eigenvalue weighted by Crippen LogP contribution is 2.18. The number of carbonyl (C=O) groups excluding carboxylic acids is 1. The highest BCUT2D eigenvalue weighted by atomic mass is 16.5. The number of H-pyrrole nitrogens is 1. The summed E-state index contributed by atoms with van der Waals surface area (Å²) in [5.74, 6) is 0.571. The molecule has 2 aromatic heterocycles. The molecule has 0 spiro atoms. The molecule has 208 valence electrons. The van der Waals surface area contributed by atoms with Crippen molar-refractivity contribution >= 4 is 23.4 Å². The third kappa shape index (κ3) is 6.91. The Morgan fingerprint density at radius 2 is 1.82 bits per heavy atom. The van der Waals surface area contributed by atoms with Crippen LogP contribution in [0, 0.1) is 13.8 Å². The summed E-state index contributed by atoms with van der Waals surface area (Å²) in [4.78, 5) is 53.1. The van der Waals surface area contributed by atoms with E-state index in [1.807, 2.05) is 18.2 Å². The predicted molar refractivity (Wildman–Crippen MR) is 151 cm³/mol. The first-order chi connectivity index (χ1) is 18.8. The van der Waals surface area contributed by atoms with Gasteiger partial charge in [-0.25, -0.2) is 19.6 Å². The molecular formula is C28H37N7O4. The normalized spacial score (nSPS) is 13.9. The maximum absolute atomic E-state index is 12.6. The molecule has 39 heavy (non-hydrogen) atoms. The number of piperazine rings is 1. The van der Waals surface area contributed by atoms with Crippen molar-refractivity contribution in [2.75, 3.05) is 50.1 Å². The van der Waals surface area contributed by atoms with Gasteiger partial charge in [0.15, 0.2) is 0 Å². The summed E-state index contributed by atoms with van der Waals surface area (Å²) in [6.07, 6.45) is 4.03. The van der Waals surface area contributed by atoms with Crippen LogP contribution < -0.4 is 21.5 Å². The summed E-state index contributed by atoms with van der Waals surface area (Å²) in [5.41, 5.74) is 3.52. The second-order valence-corrected chi connectivity index (χ2v) is 9.79. The lowest BCUT2D eigenvalue weighted by atomic mass is 10.1. The summed E-state index contributed by atoms with van der Waals surface area (Å²) < 4.78 is 6.02. The van der Waals surface area contributed by atoms with Gasteiger partial charge in [0.2, 0.25) is 5.95 Å². The van der Waals surface area contributed by atoms with Crippen LogP contribution in [0.25, 0.3) is 0 Å². The average Bonchev–Trinajstić information content (AvgIpc) is 2.93. The number of unbranched alkanes of at least 4 members (excludes halogenated alkanes) is 1. The number of hydrogen-bond acceptors (Lipinski definition) is 9. The largest absolute Gasteiger partial charge is 0.465 e. The number of carbonyl (C=O) groups is 1. The lowest BCUT2D eigenvalue weighted by molar-refractivity contribution is 0.0599. The van der Waals surface area contributed by atoms with Gasteiger partial charge in [0, 0.05) is 50.7 Å². The number of aromatic amines is 1. The fourth-order valence-corrected chi connectivity index (χ4v) is 4.78. The quantitative estimate of drug-likeness (QED) is 0.298. The van der Waals surface area contributed by atoms with Crippen LogP contribution in [0.1, 0.15) is 46.9 Å². The smallest absolute Gasteiger partial charge is 0.341 e. The van der Waals surface area contributed by atoms with Crippen LogP contribution in [0.2, 0.25) is 0 Å². The van der Waals surface area contributed by atoms with Crippen LogP contribution in [0.5, 0.6) is 0 Å². The van der Waals surface area contributed by atoms with E-state index in [-0.39, 0.29) is 5.56 Å². The van der Waals surface area contributed by atoms with E-state index in [4.69, 9.17) is 4.74 Å². The van der Waals surface area contributed by atoms with Gasteiger partial charge in [-0.05, 0) is 62.9 Å². The van der Waals surface area contributed by atoms with E-state index in [9.17, 15) is 14.4 Å². The van der Waals surface area contributed by atoms with Gasteiger partial charge in [0.25, 0.3) is 5.56 Å². The number of hydrogen-bond donors (Lipinski definition) is 2. The fraction of sp³-hybridized carbons (Fsp3) is 0.464. The zero-order chi connectivity index (χ0) is 27.9. The van der Waals surface area contributed by atoms with Crippen molar-refractivity contribution in [3.63, 3.8) is 0 Å². The van der Waals surface area contributed by atoms with E-state index >= 15 is 0 Å². The van der Waals surface area contributed by atoms with Crippen molar-refractivity contribution in [1.29, 1.82) is 0 Å². The number of benzene rings is 1. The minimum absolute atomic E-state index is 0.314. The molecule has 0 unspecified atom stereocenters.